The molecule has 0 aliphatic carbocycles. The standard InChI is InChI=1S/C9H12N2O2S.C2H6/c1-3-13-9(12)8(10)4-7-5-11-6(2)14-7;1-2/h4-5H,3,10H2,1-2H3;1-2H3/b8-4-;. The maximum Gasteiger partial charge on any atom is 0.354 e. The molecule has 90 valence electrons. The molecule has 1 aromatic heterocycles. The average molecular weight is 242 g/mol. The van der Waals surface area contributed by atoms with Crippen molar-refractivity contribution in [1.82, 2.24) is 4.98 Å². The van der Waals surface area contributed by atoms with Gasteiger partial charge in [0.1, 0.15) is 5.70 Å². The van der Waals surface area contributed by atoms with Gasteiger partial charge in [0.15, 0.2) is 0 Å². The third-order valence-corrected chi connectivity index (χ3v) is 2.31. The van der Waals surface area contributed by atoms with Crippen molar-refractivity contribution >= 4 is 23.4 Å². The number of esters is 1. The van der Waals surface area contributed by atoms with Crippen LogP contribution in [0.25, 0.3) is 6.08 Å². The molecule has 0 saturated carbocycles. The molecule has 1 heterocycles. The van der Waals surface area contributed by atoms with Crippen molar-refractivity contribution in [2.45, 2.75) is 27.7 Å². The van der Waals surface area contributed by atoms with Gasteiger partial charge in [0.2, 0.25) is 0 Å². The summed E-state index contributed by atoms with van der Waals surface area (Å²) >= 11 is 1.48. The van der Waals surface area contributed by atoms with Crippen LogP contribution in [0.3, 0.4) is 0 Å². The summed E-state index contributed by atoms with van der Waals surface area (Å²) in [4.78, 5) is 16.0. The number of nitrogens with two attached hydrogens (primary N) is 1. The molecule has 0 aliphatic rings. The second kappa shape index (κ2) is 7.87. The van der Waals surface area contributed by atoms with Gasteiger partial charge in [-0.2, -0.15) is 0 Å². The third-order valence-electron chi connectivity index (χ3n) is 1.45. The SMILES string of the molecule is CC.CCOC(=O)/C(N)=C/c1cnc(C)s1. The van der Waals surface area contributed by atoms with E-state index in [1.165, 1.54) is 11.3 Å². The molecule has 0 aliphatic heterocycles. The molecule has 1 aromatic rings. The van der Waals surface area contributed by atoms with Gasteiger partial charge in [-0.05, 0) is 19.9 Å². The van der Waals surface area contributed by atoms with E-state index < -0.39 is 5.97 Å². The molecule has 0 amide bonds. The monoisotopic (exact) mass is 242 g/mol. The van der Waals surface area contributed by atoms with Gasteiger partial charge in [-0.15, -0.1) is 11.3 Å². The topological polar surface area (TPSA) is 65.2 Å². The fourth-order valence-corrected chi connectivity index (χ4v) is 1.61. The van der Waals surface area contributed by atoms with Crippen molar-refractivity contribution in [3.05, 3.63) is 21.8 Å². The molecule has 0 aromatic carbocycles. The largest absolute Gasteiger partial charge is 0.461 e. The van der Waals surface area contributed by atoms with Crippen LogP contribution in [0.2, 0.25) is 0 Å². The van der Waals surface area contributed by atoms with E-state index in [1.54, 1.807) is 19.2 Å². The average Bonchev–Trinajstić information content (AvgIpc) is 2.67. The number of hydrogen-bond acceptors (Lipinski definition) is 5. The summed E-state index contributed by atoms with van der Waals surface area (Å²) in [6, 6.07) is 0. The maximum atomic E-state index is 11.1. The lowest BCUT2D eigenvalue weighted by atomic mass is 10.4. The van der Waals surface area contributed by atoms with E-state index in [1.807, 2.05) is 20.8 Å². The quantitative estimate of drug-likeness (QED) is 0.652. The zero-order valence-electron chi connectivity index (χ0n) is 10.1. The lowest BCUT2D eigenvalue weighted by molar-refractivity contribution is -0.138. The summed E-state index contributed by atoms with van der Waals surface area (Å²) in [5, 5.41) is 0.938. The smallest absolute Gasteiger partial charge is 0.354 e. The molecular formula is C11H18N2O2S. The summed E-state index contributed by atoms with van der Waals surface area (Å²) in [5.74, 6) is -0.487. The van der Waals surface area contributed by atoms with Crippen molar-refractivity contribution in [1.29, 1.82) is 0 Å². The van der Waals surface area contributed by atoms with Crippen LogP contribution in [0, 0.1) is 6.92 Å². The van der Waals surface area contributed by atoms with Gasteiger partial charge in [-0.1, -0.05) is 13.8 Å². The van der Waals surface area contributed by atoms with Crippen LogP contribution in [0.5, 0.6) is 0 Å². The fourth-order valence-electron chi connectivity index (χ4n) is 0.871. The summed E-state index contributed by atoms with van der Waals surface area (Å²) in [7, 11) is 0. The van der Waals surface area contributed by atoms with Crippen LogP contribution in [-0.4, -0.2) is 17.6 Å². The van der Waals surface area contributed by atoms with Crippen LogP contribution >= 0.6 is 11.3 Å². The minimum Gasteiger partial charge on any atom is -0.461 e. The Hall–Kier alpha value is -1.36. The van der Waals surface area contributed by atoms with Crippen molar-refractivity contribution in [3.8, 4) is 0 Å². The van der Waals surface area contributed by atoms with Crippen LogP contribution in [0.4, 0.5) is 0 Å². The van der Waals surface area contributed by atoms with Gasteiger partial charge in [-0.3, -0.25) is 0 Å². The van der Waals surface area contributed by atoms with E-state index >= 15 is 0 Å². The number of aromatic nitrogens is 1. The second-order valence-electron chi connectivity index (χ2n) is 2.60. The predicted octanol–water partition coefficient (Wildman–Crippen LogP) is 2.34. The van der Waals surface area contributed by atoms with Crippen LogP contribution in [0.1, 0.15) is 30.7 Å². The number of hydrogen-bond donors (Lipinski definition) is 1. The summed E-state index contributed by atoms with van der Waals surface area (Å²) < 4.78 is 4.73. The van der Waals surface area contributed by atoms with Crippen molar-refractivity contribution in [2.24, 2.45) is 5.73 Å². The van der Waals surface area contributed by atoms with Crippen molar-refractivity contribution < 1.29 is 9.53 Å². The number of aryl methyl sites for hydroxylation is 1. The molecule has 5 heteroatoms. The Balaban J connectivity index is 0.00000106. The Kier molecular flexibility index (Phi) is 7.20. The summed E-state index contributed by atoms with van der Waals surface area (Å²) in [5.41, 5.74) is 5.62. The van der Waals surface area contributed by atoms with E-state index in [0.717, 1.165) is 9.88 Å². The normalized spacial score (nSPS) is 10.4. The lowest BCUT2D eigenvalue weighted by Crippen LogP contribution is -2.14. The van der Waals surface area contributed by atoms with E-state index in [-0.39, 0.29) is 5.70 Å². The lowest BCUT2D eigenvalue weighted by Gasteiger charge is -1.99. The van der Waals surface area contributed by atoms with E-state index in [4.69, 9.17) is 10.5 Å². The van der Waals surface area contributed by atoms with E-state index in [9.17, 15) is 4.79 Å². The van der Waals surface area contributed by atoms with Gasteiger partial charge in [0.25, 0.3) is 0 Å². The highest BCUT2D eigenvalue weighted by Gasteiger charge is 2.06. The molecule has 0 atom stereocenters. The Morgan fingerprint density at radius 1 is 1.62 bits per heavy atom. The number of carbonyl (C=O) groups excluding carboxylic acids is 1. The highest BCUT2D eigenvalue weighted by Crippen LogP contribution is 2.14. The number of thiazole rings is 1. The first kappa shape index (κ1) is 14.6. The van der Waals surface area contributed by atoms with Crippen LogP contribution in [-0.2, 0) is 9.53 Å². The maximum absolute atomic E-state index is 11.1. The van der Waals surface area contributed by atoms with Gasteiger partial charge in [-0.25, -0.2) is 9.78 Å². The van der Waals surface area contributed by atoms with Gasteiger partial charge in [0, 0.05) is 11.1 Å². The molecule has 0 bridgehead atoms. The summed E-state index contributed by atoms with van der Waals surface area (Å²) in [6.07, 6.45) is 3.24. The molecule has 1 rings (SSSR count). The fraction of sp³-hybridized carbons (Fsp3) is 0.455. The highest BCUT2D eigenvalue weighted by atomic mass is 32.1. The highest BCUT2D eigenvalue weighted by molar-refractivity contribution is 7.12. The minimum absolute atomic E-state index is 0.107. The molecule has 4 nitrogen and oxygen atoms in total. The zero-order chi connectivity index (χ0) is 12.6. The second-order valence-corrected chi connectivity index (χ2v) is 3.87. The van der Waals surface area contributed by atoms with Crippen molar-refractivity contribution in [3.63, 3.8) is 0 Å². The Bertz CT molecular complexity index is 359. The number of ether oxygens (including phenoxy) is 1. The van der Waals surface area contributed by atoms with Crippen molar-refractivity contribution in [2.75, 3.05) is 6.61 Å². The molecule has 0 unspecified atom stereocenters. The van der Waals surface area contributed by atoms with Gasteiger partial charge < -0.3 is 10.5 Å². The molecule has 16 heavy (non-hydrogen) atoms. The third kappa shape index (κ3) is 4.93. The Morgan fingerprint density at radius 2 is 2.25 bits per heavy atom. The van der Waals surface area contributed by atoms with E-state index in [2.05, 4.69) is 4.98 Å². The van der Waals surface area contributed by atoms with Crippen LogP contribution in [0.15, 0.2) is 11.9 Å². The minimum atomic E-state index is -0.487. The Labute approximate surface area is 100 Å². The summed E-state index contributed by atoms with van der Waals surface area (Å²) in [6.45, 7) is 7.96. The number of nitrogens with zero attached hydrogens (tertiary/aromatic N) is 1. The molecule has 0 spiro atoms. The molecule has 0 saturated heterocycles. The first-order valence-electron chi connectivity index (χ1n) is 5.20. The molecule has 2 N–H and O–H groups in total. The van der Waals surface area contributed by atoms with E-state index in [0.29, 0.717) is 6.61 Å². The first-order valence-corrected chi connectivity index (χ1v) is 6.02. The molecule has 0 radical (unpaired) electrons. The number of rotatable bonds is 3. The zero-order valence-corrected chi connectivity index (χ0v) is 10.9. The first-order chi connectivity index (χ1) is 7.63. The number of carbonyl (C=O) groups is 1. The predicted molar refractivity (Wildman–Crippen MR) is 67.0 cm³/mol. The molecule has 0 fully saturated rings. The van der Waals surface area contributed by atoms with Gasteiger partial charge in [0.05, 0.1) is 11.6 Å². The van der Waals surface area contributed by atoms with Crippen LogP contribution < -0.4 is 5.73 Å². The molecular weight excluding hydrogens is 224 g/mol. The Morgan fingerprint density at radius 3 is 2.69 bits per heavy atom. The van der Waals surface area contributed by atoms with Gasteiger partial charge >= 0.3 is 5.97 Å².